The molecule has 0 spiro atoms. The highest BCUT2D eigenvalue weighted by molar-refractivity contribution is 5.79. The van der Waals surface area contributed by atoms with Crippen molar-refractivity contribution in [2.75, 3.05) is 33.9 Å². The Balaban J connectivity index is 4.23. The molecule has 0 radical (unpaired) electrons. The number of rotatable bonds is 6. The van der Waals surface area contributed by atoms with E-state index < -0.39 is 17.8 Å². The number of hydrogen-bond donors (Lipinski definition) is 1. The van der Waals surface area contributed by atoms with Crippen LogP contribution in [0.25, 0.3) is 0 Å². The molecule has 0 unspecified atom stereocenters. The Morgan fingerprint density at radius 1 is 1.00 bits per heavy atom. The van der Waals surface area contributed by atoms with Gasteiger partial charge in [-0.1, -0.05) is 0 Å². The molecule has 0 fully saturated rings. The molecule has 7 heteroatoms. The molecule has 1 amide bonds. The SMILES string of the molecule is COC(=O)CN(CC(N)=O)CC(=O)OC. The third-order valence-electron chi connectivity index (χ3n) is 1.54. The lowest BCUT2D eigenvalue weighted by Crippen LogP contribution is -2.41. The summed E-state index contributed by atoms with van der Waals surface area (Å²) in [6, 6.07) is 0. The molecule has 0 aromatic carbocycles. The minimum Gasteiger partial charge on any atom is -0.468 e. The first-order chi connectivity index (χ1) is 6.99. The maximum absolute atomic E-state index is 10.9. The third-order valence-corrected chi connectivity index (χ3v) is 1.54. The van der Waals surface area contributed by atoms with E-state index in [0.717, 1.165) is 0 Å². The summed E-state index contributed by atoms with van der Waals surface area (Å²) >= 11 is 0. The van der Waals surface area contributed by atoms with Crippen LogP contribution in [0, 0.1) is 0 Å². The summed E-state index contributed by atoms with van der Waals surface area (Å²) in [7, 11) is 2.42. The van der Waals surface area contributed by atoms with Gasteiger partial charge in [0.1, 0.15) is 0 Å². The number of nitrogens with two attached hydrogens (primary N) is 1. The number of hydrogen-bond acceptors (Lipinski definition) is 6. The lowest BCUT2D eigenvalue weighted by atomic mass is 10.4. The number of methoxy groups -OCH3 is 2. The first-order valence-electron chi connectivity index (χ1n) is 4.14. The average Bonchev–Trinajstić information content (AvgIpc) is 2.16. The van der Waals surface area contributed by atoms with Crippen molar-refractivity contribution in [3.05, 3.63) is 0 Å². The van der Waals surface area contributed by atoms with Crippen LogP contribution in [0.4, 0.5) is 0 Å². The quantitative estimate of drug-likeness (QED) is 0.524. The molecule has 0 aliphatic rings. The largest absolute Gasteiger partial charge is 0.468 e. The van der Waals surface area contributed by atoms with E-state index in [4.69, 9.17) is 5.73 Å². The van der Waals surface area contributed by atoms with Gasteiger partial charge in [-0.2, -0.15) is 0 Å². The van der Waals surface area contributed by atoms with Crippen molar-refractivity contribution in [2.45, 2.75) is 0 Å². The van der Waals surface area contributed by atoms with Crippen molar-refractivity contribution in [3.63, 3.8) is 0 Å². The number of nitrogens with zero attached hydrogens (tertiary/aromatic N) is 1. The van der Waals surface area contributed by atoms with Gasteiger partial charge >= 0.3 is 11.9 Å². The fourth-order valence-electron chi connectivity index (χ4n) is 0.882. The zero-order valence-electron chi connectivity index (χ0n) is 8.69. The fourth-order valence-corrected chi connectivity index (χ4v) is 0.882. The van der Waals surface area contributed by atoms with Crippen LogP contribution < -0.4 is 5.73 Å². The van der Waals surface area contributed by atoms with E-state index in [9.17, 15) is 14.4 Å². The zero-order chi connectivity index (χ0) is 11.8. The van der Waals surface area contributed by atoms with Crippen molar-refractivity contribution < 1.29 is 23.9 Å². The molecule has 7 nitrogen and oxygen atoms in total. The molecule has 0 atom stereocenters. The average molecular weight is 218 g/mol. The smallest absolute Gasteiger partial charge is 0.319 e. The predicted molar refractivity (Wildman–Crippen MR) is 49.7 cm³/mol. The van der Waals surface area contributed by atoms with Gasteiger partial charge in [-0.25, -0.2) is 0 Å². The van der Waals surface area contributed by atoms with E-state index >= 15 is 0 Å². The highest BCUT2D eigenvalue weighted by Crippen LogP contribution is 1.90. The number of ether oxygens (including phenoxy) is 2. The Hall–Kier alpha value is -1.63. The van der Waals surface area contributed by atoms with Gasteiger partial charge in [0.25, 0.3) is 0 Å². The minimum absolute atomic E-state index is 0.186. The van der Waals surface area contributed by atoms with E-state index in [2.05, 4.69) is 9.47 Å². The molecule has 0 bridgehead atoms. The Morgan fingerprint density at radius 2 is 1.40 bits per heavy atom. The first-order valence-corrected chi connectivity index (χ1v) is 4.14. The molecule has 0 heterocycles. The molecule has 15 heavy (non-hydrogen) atoms. The van der Waals surface area contributed by atoms with Crippen molar-refractivity contribution in [2.24, 2.45) is 5.73 Å². The summed E-state index contributed by atoms with van der Waals surface area (Å²) in [4.78, 5) is 33.7. The minimum atomic E-state index is -0.636. The topological polar surface area (TPSA) is 98.9 Å². The van der Waals surface area contributed by atoms with Crippen LogP contribution in [-0.4, -0.2) is 56.6 Å². The third kappa shape index (κ3) is 6.44. The second kappa shape index (κ2) is 6.77. The van der Waals surface area contributed by atoms with Crippen LogP contribution in [-0.2, 0) is 23.9 Å². The number of esters is 2. The molecular formula is C8H14N2O5. The molecular weight excluding hydrogens is 204 g/mol. The maximum atomic E-state index is 10.9. The summed E-state index contributed by atoms with van der Waals surface area (Å²) in [5.41, 5.74) is 4.94. The van der Waals surface area contributed by atoms with Crippen LogP contribution in [0.3, 0.4) is 0 Å². The van der Waals surface area contributed by atoms with Gasteiger partial charge in [0.05, 0.1) is 33.9 Å². The van der Waals surface area contributed by atoms with Gasteiger partial charge in [-0.15, -0.1) is 0 Å². The van der Waals surface area contributed by atoms with Gasteiger partial charge in [0.15, 0.2) is 0 Å². The molecule has 0 saturated heterocycles. The van der Waals surface area contributed by atoms with Gasteiger partial charge in [-0.05, 0) is 0 Å². The first kappa shape index (κ1) is 13.4. The maximum Gasteiger partial charge on any atom is 0.319 e. The van der Waals surface area contributed by atoms with Gasteiger partial charge in [-0.3, -0.25) is 19.3 Å². The number of carbonyl (C=O) groups excluding carboxylic acids is 3. The Labute approximate surface area is 87.1 Å². The molecule has 0 saturated carbocycles. The van der Waals surface area contributed by atoms with Crippen LogP contribution in [0.2, 0.25) is 0 Å². The van der Waals surface area contributed by atoms with Crippen LogP contribution in [0.15, 0.2) is 0 Å². The van der Waals surface area contributed by atoms with Crippen molar-refractivity contribution in [1.82, 2.24) is 4.90 Å². The lowest BCUT2D eigenvalue weighted by Gasteiger charge is -2.17. The Morgan fingerprint density at radius 3 is 1.67 bits per heavy atom. The highest BCUT2D eigenvalue weighted by atomic mass is 16.5. The van der Waals surface area contributed by atoms with Crippen LogP contribution >= 0.6 is 0 Å². The van der Waals surface area contributed by atoms with Gasteiger partial charge in [0, 0.05) is 0 Å². The van der Waals surface area contributed by atoms with E-state index in [0.29, 0.717) is 0 Å². The molecule has 0 rings (SSSR count). The summed E-state index contributed by atoms with van der Waals surface area (Å²) in [6.45, 7) is -0.576. The second-order valence-electron chi connectivity index (χ2n) is 2.76. The van der Waals surface area contributed by atoms with Crippen LogP contribution in [0.1, 0.15) is 0 Å². The van der Waals surface area contributed by atoms with Crippen molar-refractivity contribution >= 4 is 17.8 Å². The monoisotopic (exact) mass is 218 g/mol. The molecule has 2 N–H and O–H groups in total. The molecule has 0 aliphatic carbocycles. The van der Waals surface area contributed by atoms with Gasteiger partial charge in [0.2, 0.25) is 5.91 Å². The van der Waals surface area contributed by atoms with Gasteiger partial charge < -0.3 is 15.2 Å². The summed E-state index contributed by atoms with van der Waals surface area (Å²) in [6.07, 6.45) is 0. The Bertz CT molecular complexity index is 235. The number of carbonyl (C=O) groups is 3. The normalized spacial score (nSPS) is 9.80. The Kier molecular flexibility index (Phi) is 6.03. The molecule has 0 aromatic heterocycles. The van der Waals surface area contributed by atoms with E-state index in [1.807, 2.05) is 0 Å². The predicted octanol–water partition coefficient (Wildman–Crippen LogP) is -1.88. The summed E-state index contributed by atoms with van der Waals surface area (Å²) < 4.78 is 8.79. The lowest BCUT2D eigenvalue weighted by molar-refractivity contribution is -0.145. The second-order valence-corrected chi connectivity index (χ2v) is 2.76. The number of primary amides is 1. The molecule has 86 valence electrons. The van der Waals surface area contributed by atoms with E-state index in [1.54, 1.807) is 0 Å². The van der Waals surface area contributed by atoms with Crippen molar-refractivity contribution in [3.8, 4) is 0 Å². The summed E-state index contributed by atoms with van der Waals surface area (Å²) in [5.74, 6) is -1.75. The summed E-state index contributed by atoms with van der Waals surface area (Å²) in [5, 5.41) is 0. The highest BCUT2D eigenvalue weighted by Gasteiger charge is 2.16. The number of amides is 1. The van der Waals surface area contributed by atoms with Crippen molar-refractivity contribution in [1.29, 1.82) is 0 Å². The molecule has 0 aromatic rings. The standard InChI is InChI=1S/C8H14N2O5/c1-14-7(12)4-10(3-6(9)11)5-8(13)15-2/h3-5H2,1-2H3,(H2,9,11). The fraction of sp³-hybridized carbons (Fsp3) is 0.625. The van der Waals surface area contributed by atoms with Crippen LogP contribution in [0.5, 0.6) is 0 Å². The molecule has 0 aliphatic heterocycles. The zero-order valence-corrected chi connectivity index (χ0v) is 8.69. The van der Waals surface area contributed by atoms with E-state index in [-0.39, 0.29) is 19.6 Å². The van der Waals surface area contributed by atoms with E-state index in [1.165, 1.54) is 19.1 Å².